The largest absolute Gasteiger partial charge is 0.482 e. The summed E-state index contributed by atoms with van der Waals surface area (Å²) in [5.74, 6) is -1.33. The molecule has 0 spiro atoms. The van der Waals surface area contributed by atoms with Gasteiger partial charge in [-0.2, -0.15) is 0 Å². The number of benzene rings is 1. The van der Waals surface area contributed by atoms with Crippen LogP contribution in [0.2, 0.25) is 0 Å². The first-order chi connectivity index (χ1) is 15.1. The number of alkyl carbamates (subject to hydrolysis) is 1. The Morgan fingerprint density at radius 1 is 1.18 bits per heavy atom. The van der Waals surface area contributed by atoms with Crippen LogP contribution >= 0.6 is 0 Å². The number of amides is 2. The summed E-state index contributed by atoms with van der Waals surface area (Å²) in [6.45, 7) is 4.81. The van der Waals surface area contributed by atoms with Crippen LogP contribution in [0.25, 0.3) is 0 Å². The third kappa shape index (κ3) is 5.94. The Morgan fingerprint density at radius 2 is 1.82 bits per heavy atom. The number of fused-ring (bicyclic) bond motifs is 3. The Kier molecular flexibility index (Phi) is 6.69. The van der Waals surface area contributed by atoms with Gasteiger partial charge < -0.3 is 25.2 Å². The molecule has 3 fully saturated rings. The van der Waals surface area contributed by atoms with Gasteiger partial charge in [-0.1, -0.05) is 0 Å². The minimum atomic E-state index is -3.75. The lowest BCUT2D eigenvalue weighted by Gasteiger charge is -2.56. The molecule has 184 valence electrons. The lowest BCUT2D eigenvalue weighted by molar-refractivity contribution is -0.129. The Morgan fingerprint density at radius 3 is 2.36 bits per heavy atom. The van der Waals surface area contributed by atoms with Crippen molar-refractivity contribution >= 4 is 21.8 Å². The smallest absolute Gasteiger partial charge is 0.408 e. The maximum atomic E-state index is 13.5. The molecular formula is C22H31FN2O7S. The standard InChI is InChI=1S/C22H31FN2O7S/c1-20(2,3)32-19(28)25-22-9-7-21(8-10-22,12-17(22)26)24-18(27)13-31-15-6-5-14(23)11-16(15)33(4,29)30/h5-6,11,17,26H,7-10,12-13H2,1-4H3,(H,24,27)(H,25,28)/t17-,21?,22?/m1/s1. The van der Waals surface area contributed by atoms with Gasteiger partial charge in [0.1, 0.15) is 22.1 Å². The van der Waals surface area contributed by atoms with Crippen LogP contribution in [0, 0.1) is 5.82 Å². The van der Waals surface area contributed by atoms with Crippen LogP contribution in [-0.4, -0.2) is 61.2 Å². The molecule has 0 heterocycles. The van der Waals surface area contributed by atoms with E-state index in [1.54, 1.807) is 20.8 Å². The highest BCUT2D eigenvalue weighted by molar-refractivity contribution is 7.90. The van der Waals surface area contributed by atoms with Crippen molar-refractivity contribution in [2.24, 2.45) is 0 Å². The molecule has 0 unspecified atom stereocenters. The summed E-state index contributed by atoms with van der Waals surface area (Å²) in [6, 6.07) is 3.06. The lowest BCUT2D eigenvalue weighted by atomic mass is 9.60. The zero-order valence-electron chi connectivity index (χ0n) is 19.2. The molecule has 0 radical (unpaired) electrons. The zero-order chi connectivity index (χ0) is 24.7. The van der Waals surface area contributed by atoms with Crippen molar-refractivity contribution in [1.82, 2.24) is 10.6 Å². The van der Waals surface area contributed by atoms with E-state index in [0.717, 1.165) is 18.4 Å². The Balaban J connectivity index is 1.60. The number of ether oxygens (including phenoxy) is 2. The maximum Gasteiger partial charge on any atom is 0.408 e. The number of nitrogens with one attached hydrogen (secondary N) is 2. The molecule has 1 atom stereocenters. The first-order valence-electron chi connectivity index (χ1n) is 10.8. The molecule has 2 amide bonds. The highest BCUT2D eigenvalue weighted by Gasteiger charge is 2.55. The average Bonchev–Trinajstić information content (AvgIpc) is 2.66. The monoisotopic (exact) mass is 486 g/mol. The van der Waals surface area contributed by atoms with E-state index < -0.39 is 57.0 Å². The number of aliphatic hydroxyl groups is 1. The lowest BCUT2D eigenvalue weighted by Crippen LogP contribution is -2.70. The molecule has 3 aliphatic carbocycles. The van der Waals surface area contributed by atoms with Crippen molar-refractivity contribution < 1.29 is 37.0 Å². The van der Waals surface area contributed by atoms with Crippen molar-refractivity contribution in [1.29, 1.82) is 0 Å². The van der Waals surface area contributed by atoms with E-state index in [-0.39, 0.29) is 17.1 Å². The van der Waals surface area contributed by atoms with Gasteiger partial charge in [0.2, 0.25) is 0 Å². The Hall–Kier alpha value is -2.40. The first-order valence-corrected chi connectivity index (χ1v) is 12.6. The van der Waals surface area contributed by atoms with Crippen molar-refractivity contribution in [2.45, 2.75) is 80.6 Å². The van der Waals surface area contributed by atoms with Crippen molar-refractivity contribution in [3.8, 4) is 5.75 Å². The summed E-state index contributed by atoms with van der Waals surface area (Å²) in [4.78, 5) is 24.5. The second kappa shape index (κ2) is 8.75. The molecule has 4 rings (SSSR count). The van der Waals surface area contributed by atoms with Gasteiger partial charge in [0.05, 0.1) is 11.6 Å². The summed E-state index contributed by atoms with van der Waals surface area (Å²) in [5.41, 5.74) is -2.11. The van der Waals surface area contributed by atoms with E-state index in [2.05, 4.69) is 10.6 Å². The minimum absolute atomic E-state index is 0.112. The normalized spacial score (nSPS) is 27.0. The molecule has 2 bridgehead atoms. The summed E-state index contributed by atoms with van der Waals surface area (Å²) < 4.78 is 47.9. The highest BCUT2D eigenvalue weighted by atomic mass is 32.2. The Labute approximate surface area is 192 Å². The number of halogens is 1. The predicted octanol–water partition coefficient (Wildman–Crippen LogP) is 2.07. The highest BCUT2D eigenvalue weighted by Crippen LogP contribution is 2.47. The van der Waals surface area contributed by atoms with Gasteiger partial charge in [0.25, 0.3) is 5.91 Å². The molecule has 0 aromatic heterocycles. The maximum absolute atomic E-state index is 13.5. The molecule has 1 aromatic rings. The van der Waals surface area contributed by atoms with Crippen LogP contribution in [0.4, 0.5) is 9.18 Å². The topological polar surface area (TPSA) is 131 Å². The SMILES string of the molecule is CC(C)(C)OC(=O)NC12CCC(NC(=O)COc3ccc(F)cc3S(C)(=O)=O)(CC1)C[C@H]2O. The van der Waals surface area contributed by atoms with Crippen LogP contribution in [0.15, 0.2) is 23.1 Å². The summed E-state index contributed by atoms with van der Waals surface area (Å²) in [5, 5.41) is 16.5. The van der Waals surface area contributed by atoms with E-state index in [1.165, 1.54) is 6.07 Å². The number of hydrogen-bond acceptors (Lipinski definition) is 7. The van der Waals surface area contributed by atoms with Crippen molar-refractivity contribution in [3.05, 3.63) is 24.0 Å². The van der Waals surface area contributed by atoms with Crippen molar-refractivity contribution in [3.63, 3.8) is 0 Å². The van der Waals surface area contributed by atoms with E-state index >= 15 is 0 Å². The summed E-state index contributed by atoms with van der Waals surface area (Å²) in [7, 11) is -3.75. The second-order valence-corrected chi connectivity index (χ2v) is 12.0. The van der Waals surface area contributed by atoms with Crippen LogP contribution in [0.1, 0.15) is 52.9 Å². The van der Waals surface area contributed by atoms with Gasteiger partial charge in [0.15, 0.2) is 16.4 Å². The van der Waals surface area contributed by atoms with E-state index in [4.69, 9.17) is 9.47 Å². The molecule has 0 saturated heterocycles. The molecule has 33 heavy (non-hydrogen) atoms. The van der Waals surface area contributed by atoms with Gasteiger partial charge in [-0.3, -0.25) is 4.79 Å². The minimum Gasteiger partial charge on any atom is -0.482 e. The van der Waals surface area contributed by atoms with E-state index in [1.807, 2.05) is 0 Å². The molecule has 11 heteroatoms. The number of aliphatic hydroxyl groups excluding tert-OH is 1. The van der Waals surface area contributed by atoms with Crippen LogP contribution in [-0.2, 0) is 19.4 Å². The number of rotatable bonds is 6. The number of hydrogen-bond donors (Lipinski definition) is 3. The van der Waals surface area contributed by atoms with Gasteiger partial charge in [-0.25, -0.2) is 17.6 Å². The number of carbonyl (C=O) groups is 2. The van der Waals surface area contributed by atoms with E-state index in [0.29, 0.717) is 25.7 Å². The Bertz CT molecular complexity index is 1030. The molecule has 3 aliphatic rings. The average molecular weight is 487 g/mol. The molecule has 1 aromatic carbocycles. The quantitative estimate of drug-likeness (QED) is 0.561. The van der Waals surface area contributed by atoms with Gasteiger partial charge in [-0.05, 0) is 71.1 Å². The third-order valence-corrected chi connectivity index (χ3v) is 7.26. The van der Waals surface area contributed by atoms with Gasteiger partial charge >= 0.3 is 6.09 Å². The molecular weight excluding hydrogens is 455 g/mol. The molecule has 0 aliphatic heterocycles. The second-order valence-electron chi connectivity index (χ2n) is 9.98. The number of carbonyl (C=O) groups excluding carboxylic acids is 2. The molecule has 9 nitrogen and oxygen atoms in total. The van der Waals surface area contributed by atoms with Crippen molar-refractivity contribution in [2.75, 3.05) is 12.9 Å². The fraction of sp³-hybridized carbons (Fsp3) is 0.636. The number of sulfone groups is 1. The van der Waals surface area contributed by atoms with E-state index in [9.17, 15) is 27.5 Å². The van der Waals surface area contributed by atoms with Gasteiger partial charge in [-0.15, -0.1) is 0 Å². The summed E-state index contributed by atoms with van der Waals surface area (Å²) >= 11 is 0. The third-order valence-electron chi connectivity index (χ3n) is 6.14. The fourth-order valence-electron chi connectivity index (χ4n) is 4.53. The summed E-state index contributed by atoms with van der Waals surface area (Å²) in [6.07, 6.45) is 1.72. The van der Waals surface area contributed by atoms with Crippen LogP contribution in [0.3, 0.4) is 0 Å². The molecule has 3 saturated carbocycles. The first kappa shape index (κ1) is 25.2. The van der Waals surface area contributed by atoms with Gasteiger partial charge in [0, 0.05) is 11.8 Å². The zero-order valence-corrected chi connectivity index (χ0v) is 20.1. The molecule has 3 N–H and O–H groups in total. The fourth-order valence-corrected chi connectivity index (χ4v) is 5.35. The predicted molar refractivity (Wildman–Crippen MR) is 117 cm³/mol. The van der Waals surface area contributed by atoms with Crippen LogP contribution in [0.5, 0.6) is 5.75 Å². The van der Waals surface area contributed by atoms with Crippen LogP contribution < -0.4 is 15.4 Å².